The number of imidazole rings is 1. The average molecular weight is 365 g/mol. The molecule has 2 aromatic heterocycles. The van der Waals surface area contributed by atoms with Crippen molar-refractivity contribution in [3.63, 3.8) is 0 Å². The summed E-state index contributed by atoms with van der Waals surface area (Å²) in [7, 11) is 0. The molecule has 0 spiro atoms. The molecule has 0 fully saturated rings. The summed E-state index contributed by atoms with van der Waals surface area (Å²) < 4.78 is 40.1. The topological polar surface area (TPSA) is 30.2 Å². The predicted octanol–water partition coefficient (Wildman–Crippen LogP) is 4.63. The summed E-state index contributed by atoms with van der Waals surface area (Å²) in [4.78, 5) is 7.76. The Labute approximate surface area is 124 Å². The van der Waals surface area contributed by atoms with Crippen molar-refractivity contribution in [2.24, 2.45) is 0 Å². The Morgan fingerprint density at radius 1 is 1.25 bits per heavy atom. The van der Waals surface area contributed by atoms with Gasteiger partial charge in [0.15, 0.2) is 5.69 Å². The van der Waals surface area contributed by atoms with Crippen LogP contribution in [0.5, 0.6) is 0 Å². The van der Waals surface area contributed by atoms with E-state index in [1.54, 1.807) is 6.07 Å². The first kappa shape index (κ1) is 13.6. The smallest absolute Gasteiger partial charge is 0.273 e. The molecule has 0 atom stereocenters. The van der Waals surface area contributed by atoms with Crippen LogP contribution in [0.4, 0.5) is 13.2 Å². The molecule has 3 aromatic rings. The van der Waals surface area contributed by atoms with E-state index >= 15 is 0 Å². The van der Waals surface area contributed by atoms with Gasteiger partial charge in [0.25, 0.3) is 0 Å². The lowest BCUT2D eigenvalue weighted by Crippen LogP contribution is -2.04. The molecule has 104 valence electrons. The number of hydrogen-bond acceptors (Lipinski definition) is 2. The van der Waals surface area contributed by atoms with Crippen LogP contribution in [0.2, 0.25) is 5.28 Å². The second-order valence-electron chi connectivity index (χ2n) is 4.34. The molecule has 8 heteroatoms. The minimum atomic E-state index is -4.53. The van der Waals surface area contributed by atoms with Crippen LogP contribution in [0.1, 0.15) is 11.3 Å². The van der Waals surface area contributed by atoms with E-state index in [-0.39, 0.29) is 10.9 Å². The summed E-state index contributed by atoms with van der Waals surface area (Å²) in [6.45, 7) is 1.84. The summed E-state index contributed by atoms with van der Waals surface area (Å²) in [6.07, 6.45) is -3.68. The van der Waals surface area contributed by atoms with Crippen molar-refractivity contribution < 1.29 is 13.2 Å². The number of benzene rings is 1. The number of nitrogens with zero attached hydrogens (tertiary/aromatic N) is 3. The van der Waals surface area contributed by atoms with E-state index in [0.717, 1.165) is 16.2 Å². The third kappa shape index (κ3) is 2.05. The minimum absolute atomic E-state index is 0.0694. The number of rotatable bonds is 0. The van der Waals surface area contributed by atoms with Crippen LogP contribution in [0.3, 0.4) is 0 Å². The highest BCUT2D eigenvalue weighted by Gasteiger charge is 2.34. The molecule has 0 amide bonds. The van der Waals surface area contributed by atoms with Crippen molar-refractivity contribution >= 4 is 44.1 Å². The Hall–Kier alpha value is -1.34. The molecule has 0 saturated heterocycles. The van der Waals surface area contributed by atoms with E-state index < -0.39 is 11.9 Å². The fourth-order valence-electron chi connectivity index (χ4n) is 2.01. The van der Waals surface area contributed by atoms with E-state index in [4.69, 9.17) is 11.6 Å². The Bertz CT molecular complexity index is 841. The molecule has 0 aliphatic heterocycles. The molecule has 1 aromatic carbocycles. The maximum atomic E-state index is 12.8. The number of halogens is 5. The first-order valence-electron chi connectivity index (χ1n) is 5.49. The second-order valence-corrected chi connectivity index (χ2v) is 5.53. The molecule has 3 rings (SSSR count). The van der Waals surface area contributed by atoms with Crippen LogP contribution in [-0.4, -0.2) is 14.4 Å². The van der Waals surface area contributed by atoms with Gasteiger partial charge in [0.1, 0.15) is 5.65 Å². The largest absolute Gasteiger partial charge is 0.434 e. The minimum Gasteiger partial charge on any atom is -0.273 e. The van der Waals surface area contributed by atoms with Crippen LogP contribution in [0, 0.1) is 6.92 Å². The zero-order chi connectivity index (χ0) is 14.7. The van der Waals surface area contributed by atoms with Crippen molar-refractivity contribution in [1.82, 2.24) is 14.4 Å². The number of aromatic nitrogens is 3. The van der Waals surface area contributed by atoms with Gasteiger partial charge >= 0.3 is 6.18 Å². The summed E-state index contributed by atoms with van der Waals surface area (Å²) >= 11 is 9.27. The maximum absolute atomic E-state index is 12.8. The molecule has 0 bridgehead atoms. The van der Waals surface area contributed by atoms with E-state index in [1.807, 2.05) is 13.0 Å². The molecular formula is C12H6BrClF3N3. The quantitative estimate of drug-likeness (QED) is 0.545. The molecular weight excluding hydrogens is 359 g/mol. The standard InChI is InChI=1S/C12H6BrClF3N3/c1-5-2-6-9(7(13)3-5)19-11(14)20-4-8(12(15,16)17)18-10(6)20/h2-4H,1H3. The van der Waals surface area contributed by atoms with Gasteiger partial charge in [-0.1, -0.05) is 0 Å². The van der Waals surface area contributed by atoms with Crippen LogP contribution >= 0.6 is 27.5 Å². The lowest BCUT2D eigenvalue weighted by atomic mass is 10.1. The molecule has 2 heterocycles. The lowest BCUT2D eigenvalue weighted by molar-refractivity contribution is -0.140. The summed E-state index contributed by atoms with van der Waals surface area (Å²) in [6, 6.07) is 3.54. The highest BCUT2D eigenvalue weighted by atomic mass is 79.9. The van der Waals surface area contributed by atoms with Crippen LogP contribution in [-0.2, 0) is 6.18 Å². The fourth-order valence-corrected chi connectivity index (χ4v) is 2.89. The molecule has 0 saturated carbocycles. The maximum Gasteiger partial charge on any atom is 0.434 e. The van der Waals surface area contributed by atoms with Crippen LogP contribution < -0.4 is 0 Å². The molecule has 0 aliphatic carbocycles. The van der Waals surface area contributed by atoms with Gasteiger partial charge in [0.05, 0.1) is 5.52 Å². The third-order valence-electron chi connectivity index (χ3n) is 2.85. The molecule has 0 radical (unpaired) electrons. The van der Waals surface area contributed by atoms with Gasteiger partial charge in [0, 0.05) is 16.1 Å². The van der Waals surface area contributed by atoms with Crippen molar-refractivity contribution in [2.75, 3.05) is 0 Å². The Morgan fingerprint density at radius 2 is 1.95 bits per heavy atom. The first-order valence-corrected chi connectivity index (χ1v) is 6.66. The number of alkyl halides is 3. The van der Waals surface area contributed by atoms with E-state index in [1.165, 1.54) is 0 Å². The Morgan fingerprint density at radius 3 is 2.60 bits per heavy atom. The normalized spacial score (nSPS) is 12.5. The van der Waals surface area contributed by atoms with Crippen molar-refractivity contribution in [1.29, 1.82) is 0 Å². The van der Waals surface area contributed by atoms with Gasteiger partial charge in [-0.2, -0.15) is 13.2 Å². The molecule has 0 unspecified atom stereocenters. The van der Waals surface area contributed by atoms with Crippen LogP contribution in [0.25, 0.3) is 16.6 Å². The number of fused-ring (bicyclic) bond motifs is 3. The Kier molecular flexibility index (Phi) is 2.95. The zero-order valence-electron chi connectivity index (χ0n) is 9.96. The van der Waals surface area contributed by atoms with Gasteiger partial charge in [-0.15, -0.1) is 0 Å². The molecule has 0 N–H and O–H groups in total. The van der Waals surface area contributed by atoms with Crippen molar-refractivity contribution in [3.05, 3.63) is 39.3 Å². The van der Waals surface area contributed by atoms with Gasteiger partial charge in [-0.25, -0.2) is 9.97 Å². The average Bonchev–Trinajstić information content (AvgIpc) is 2.76. The lowest BCUT2D eigenvalue weighted by Gasteiger charge is -2.05. The Balaban J connectivity index is 2.49. The van der Waals surface area contributed by atoms with Crippen molar-refractivity contribution in [2.45, 2.75) is 13.1 Å². The van der Waals surface area contributed by atoms with Gasteiger partial charge in [-0.05, 0) is 52.2 Å². The molecule has 3 nitrogen and oxygen atoms in total. The second kappa shape index (κ2) is 4.33. The van der Waals surface area contributed by atoms with Gasteiger partial charge < -0.3 is 0 Å². The highest BCUT2D eigenvalue weighted by Crippen LogP contribution is 2.33. The predicted molar refractivity (Wildman–Crippen MR) is 72.9 cm³/mol. The number of hydrogen-bond donors (Lipinski definition) is 0. The summed E-state index contributed by atoms with van der Waals surface area (Å²) in [5, 5.41) is 0.442. The third-order valence-corrected chi connectivity index (χ3v) is 3.72. The monoisotopic (exact) mass is 363 g/mol. The van der Waals surface area contributed by atoms with Gasteiger partial charge in [-0.3, -0.25) is 4.40 Å². The fraction of sp³-hybridized carbons (Fsp3) is 0.167. The first-order chi connectivity index (χ1) is 9.27. The zero-order valence-corrected chi connectivity index (χ0v) is 12.3. The summed E-state index contributed by atoms with van der Waals surface area (Å²) in [5.41, 5.74) is 0.502. The highest BCUT2D eigenvalue weighted by molar-refractivity contribution is 9.10. The van der Waals surface area contributed by atoms with Crippen LogP contribution in [0.15, 0.2) is 22.8 Å². The SMILES string of the molecule is Cc1cc(Br)c2nc(Cl)n3cc(C(F)(F)F)nc3c2c1. The summed E-state index contributed by atoms with van der Waals surface area (Å²) in [5.74, 6) is 0. The van der Waals surface area contributed by atoms with E-state index in [0.29, 0.717) is 15.4 Å². The van der Waals surface area contributed by atoms with Gasteiger partial charge in [0.2, 0.25) is 5.28 Å². The van der Waals surface area contributed by atoms with E-state index in [9.17, 15) is 13.2 Å². The molecule has 20 heavy (non-hydrogen) atoms. The number of aryl methyl sites for hydroxylation is 1. The molecule has 0 aliphatic rings. The van der Waals surface area contributed by atoms with Crippen molar-refractivity contribution in [3.8, 4) is 0 Å². The van der Waals surface area contributed by atoms with E-state index in [2.05, 4.69) is 25.9 Å².